The Kier molecular flexibility index (Phi) is 5.38. The second-order valence-corrected chi connectivity index (χ2v) is 8.44. The lowest BCUT2D eigenvalue weighted by atomic mass is 10.1. The van der Waals surface area contributed by atoms with Crippen molar-refractivity contribution in [2.75, 3.05) is 31.3 Å². The van der Waals surface area contributed by atoms with Gasteiger partial charge in [-0.15, -0.1) is 11.8 Å². The summed E-state index contributed by atoms with van der Waals surface area (Å²) >= 11 is 1.60. The zero-order chi connectivity index (χ0) is 18.8. The summed E-state index contributed by atoms with van der Waals surface area (Å²) in [5.74, 6) is 0.284. The third kappa shape index (κ3) is 3.70. The summed E-state index contributed by atoms with van der Waals surface area (Å²) in [6.45, 7) is 2.70. The lowest BCUT2D eigenvalue weighted by molar-refractivity contribution is -0.148. The van der Waals surface area contributed by atoms with E-state index in [-0.39, 0.29) is 17.7 Å². The van der Waals surface area contributed by atoms with Crippen LogP contribution < -0.4 is 0 Å². The smallest absolute Gasteiger partial charge is 0.246 e. The molecule has 2 unspecified atom stereocenters. The van der Waals surface area contributed by atoms with Crippen LogP contribution in [0.2, 0.25) is 0 Å². The highest BCUT2D eigenvalue weighted by molar-refractivity contribution is 7.99. The van der Waals surface area contributed by atoms with E-state index >= 15 is 0 Å². The Balaban J connectivity index is 1.41. The third-order valence-electron chi connectivity index (χ3n) is 5.68. The van der Waals surface area contributed by atoms with Crippen LogP contribution in [-0.2, 0) is 20.9 Å². The van der Waals surface area contributed by atoms with Crippen molar-refractivity contribution in [1.29, 1.82) is 0 Å². The minimum atomic E-state index is -0.638. The van der Waals surface area contributed by atoms with Crippen LogP contribution in [0.15, 0.2) is 30.3 Å². The first-order chi connectivity index (χ1) is 13.1. The number of likely N-dealkylation sites (tertiary alicyclic amines) is 2. The van der Waals surface area contributed by atoms with E-state index in [0.29, 0.717) is 31.1 Å². The number of carbonyl (C=O) groups is 3. The predicted molar refractivity (Wildman–Crippen MR) is 104 cm³/mol. The van der Waals surface area contributed by atoms with Crippen LogP contribution in [0, 0.1) is 5.92 Å². The first kappa shape index (κ1) is 18.3. The molecule has 0 aliphatic carbocycles. The highest BCUT2D eigenvalue weighted by Gasteiger charge is 2.44. The molecule has 2 atom stereocenters. The molecule has 3 aliphatic heterocycles. The van der Waals surface area contributed by atoms with Crippen LogP contribution in [0.1, 0.15) is 24.8 Å². The summed E-state index contributed by atoms with van der Waals surface area (Å²) < 4.78 is 0. The monoisotopic (exact) mass is 387 g/mol. The molecule has 0 radical (unpaired) electrons. The molecule has 3 saturated heterocycles. The van der Waals surface area contributed by atoms with Crippen LogP contribution >= 0.6 is 11.8 Å². The average molecular weight is 388 g/mol. The molecule has 0 spiro atoms. The van der Waals surface area contributed by atoms with Gasteiger partial charge in [0.25, 0.3) is 0 Å². The number of amides is 3. The van der Waals surface area contributed by atoms with Crippen LogP contribution in [-0.4, -0.2) is 69.7 Å². The normalized spacial score (nSPS) is 25.5. The van der Waals surface area contributed by atoms with Gasteiger partial charge in [0, 0.05) is 31.9 Å². The number of benzene rings is 1. The molecule has 0 N–H and O–H groups in total. The maximum absolute atomic E-state index is 13.1. The molecular weight excluding hydrogens is 362 g/mol. The van der Waals surface area contributed by atoms with E-state index in [1.165, 1.54) is 0 Å². The quantitative estimate of drug-likeness (QED) is 0.736. The Bertz CT molecular complexity index is 720. The highest BCUT2D eigenvalue weighted by Crippen LogP contribution is 2.29. The van der Waals surface area contributed by atoms with Gasteiger partial charge in [0.15, 0.2) is 0 Å². The van der Waals surface area contributed by atoms with Gasteiger partial charge < -0.3 is 14.7 Å². The zero-order valence-electron chi connectivity index (χ0n) is 15.4. The Labute approximate surface area is 163 Å². The van der Waals surface area contributed by atoms with Gasteiger partial charge in [-0.05, 0) is 24.8 Å². The van der Waals surface area contributed by atoms with Crippen LogP contribution in [0.4, 0.5) is 0 Å². The molecule has 3 heterocycles. The highest BCUT2D eigenvalue weighted by atomic mass is 32.2. The van der Waals surface area contributed by atoms with E-state index < -0.39 is 12.0 Å². The molecular formula is C20H25N3O3S. The van der Waals surface area contributed by atoms with Crippen molar-refractivity contribution in [1.82, 2.24) is 14.7 Å². The number of nitrogens with zero attached hydrogens (tertiary/aromatic N) is 3. The van der Waals surface area contributed by atoms with Gasteiger partial charge >= 0.3 is 0 Å². The standard InChI is InChI=1S/C20H25N3O3S/c24-18-16(8-11-22(18)12-15-6-2-1-3-7-15)19(25)23-14-27-13-17(23)20(26)21-9-4-5-10-21/h1-3,6-7,16-17H,4-5,8-14H2. The fourth-order valence-corrected chi connectivity index (χ4v) is 5.30. The van der Waals surface area contributed by atoms with E-state index in [0.717, 1.165) is 31.5 Å². The van der Waals surface area contributed by atoms with Gasteiger partial charge in [-0.1, -0.05) is 30.3 Å². The molecule has 0 bridgehead atoms. The van der Waals surface area contributed by atoms with Crippen LogP contribution in [0.5, 0.6) is 0 Å². The fourth-order valence-electron chi connectivity index (χ4n) is 4.14. The molecule has 0 aromatic heterocycles. The summed E-state index contributed by atoms with van der Waals surface area (Å²) in [7, 11) is 0. The van der Waals surface area contributed by atoms with Crippen molar-refractivity contribution in [3.8, 4) is 0 Å². The second-order valence-electron chi connectivity index (χ2n) is 7.44. The molecule has 7 heteroatoms. The molecule has 3 fully saturated rings. The van der Waals surface area contributed by atoms with Crippen LogP contribution in [0.25, 0.3) is 0 Å². The largest absolute Gasteiger partial charge is 0.341 e. The van der Waals surface area contributed by atoms with E-state index in [1.807, 2.05) is 35.2 Å². The average Bonchev–Trinajstić information content (AvgIpc) is 3.44. The van der Waals surface area contributed by atoms with Crippen LogP contribution in [0.3, 0.4) is 0 Å². The summed E-state index contributed by atoms with van der Waals surface area (Å²) in [6.07, 6.45) is 2.61. The number of carbonyl (C=O) groups excluding carboxylic acids is 3. The first-order valence-electron chi connectivity index (χ1n) is 9.65. The van der Waals surface area contributed by atoms with E-state index in [2.05, 4.69) is 0 Å². The van der Waals surface area contributed by atoms with Gasteiger partial charge in [-0.2, -0.15) is 0 Å². The van der Waals surface area contributed by atoms with Crippen molar-refractivity contribution in [2.24, 2.45) is 5.92 Å². The number of thioether (sulfide) groups is 1. The van der Waals surface area contributed by atoms with Gasteiger partial charge in [0.2, 0.25) is 17.7 Å². The molecule has 1 aromatic carbocycles. The zero-order valence-corrected chi connectivity index (χ0v) is 16.2. The summed E-state index contributed by atoms with van der Waals surface area (Å²) in [5.41, 5.74) is 1.07. The maximum atomic E-state index is 13.1. The summed E-state index contributed by atoms with van der Waals surface area (Å²) in [5, 5.41) is 0. The topological polar surface area (TPSA) is 60.9 Å². The molecule has 1 aromatic rings. The van der Waals surface area contributed by atoms with Crippen molar-refractivity contribution in [3.63, 3.8) is 0 Å². The predicted octanol–water partition coefficient (Wildman–Crippen LogP) is 1.56. The SMILES string of the molecule is O=C1C(C(=O)N2CSCC2C(=O)N2CCCC2)CCN1Cc1ccccc1. The van der Waals surface area contributed by atoms with E-state index in [9.17, 15) is 14.4 Å². The molecule has 144 valence electrons. The molecule has 3 amide bonds. The molecule has 4 rings (SSSR count). The Morgan fingerprint density at radius 1 is 1.04 bits per heavy atom. The van der Waals surface area contributed by atoms with Crippen molar-refractivity contribution < 1.29 is 14.4 Å². The first-order valence-corrected chi connectivity index (χ1v) is 10.8. The Hall–Kier alpha value is -2.02. The Morgan fingerprint density at radius 2 is 1.78 bits per heavy atom. The van der Waals surface area contributed by atoms with Crippen molar-refractivity contribution in [3.05, 3.63) is 35.9 Å². The van der Waals surface area contributed by atoms with Gasteiger partial charge in [0.1, 0.15) is 12.0 Å². The van der Waals surface area contributed by atoms with E-state index in [4.69, 9.17) is 0 Å². The molecule has 6 nitrogen and oxygen atoms in total. The number of hydrogen-bond acceptors (Lipinski definition) is 4. The lowest BCUT2D eigenvalue weighted by Crippen LogP contribution is -2.50. The van der Waals surface area contributed by atoms with Gasteiger partial charge in [0.05, 0.1) is 5.88 Å². The lowest BCUT2D eigenvalue weighted by Gasteiger charge is -2.28. The van der Waals surface area contributed by atoms with Gasteiger partial charge in [-0.25, -0.2) is 0 Å². The maximum Gasteiger partial charge on any atom is 0.246 e. The summed E-state index contributed by atoms with van der Waals surface area (Å²) in [4.78, 5) is 44.0. The number of hydrogen-bond donors (Lipinski definition) is 0. The fraction of sp³-hybridized carbons (Fsp3) is 0.550. The summed E-state index contributed by atoms with van der Waals surface area (Å²) in [6, 6.07) is 9.43. The Morgan fingerprint density at radius 3 is 2.52 bits per heavy atom. The minimum Gasteiger partial charge on any atom is -0.341 e. The minimum absolute atomic E-state index is 0.0532. The molecule has 27 heavy (non-hydrogen) atoms. The van der Waals surface area contributed by atoms with Crippen molar-refractivity contribution >= 4 is 29.5 Å². The third-order valence-corrected chi connectivity index (χ3v) is 6.69. The second kappa shape index (κ2) is 7.92. The van der Waals surface area contributed by atoms with Gasteiger partial charge in [-0.3, -0.25) is 14.4 Å². The molecule has 3 aliphatic rings. The van der Waals surface area contributed by atoms with E-state index in [1.54, 1.807) is 21.6 Å². The van der Waals surface area contributed by atoms with Crippen molar-refractivity contribution in [2.45, 2.75) is 31.8 Å². The number of rotatable bonds is 4. The molecule has 0 saturated carbocycles.